The molecule has 8 heteroatoms. The first-order valence-corrected chi connectivity index (χ1v) is 8.61. The van der Waals surface area contributed by atoms with Gasteiger partial charge in [-0.05, 0) is 35.9 Å². The Morgan fingerprint density at radius 1 is 0.929 bits per heavy atom. The van der Waals surface area contributed by atoms with Crippen LogP contribution in [0, 0.1) is 0 Å². The zero-order valence-electron chi connectivity index (χ0n) is 14.8. The molecule has 2 aliphatic heterocycles. The van der Waals surface area contributed by atoms with E-state index >= 15 is 0 Å². The number of hydrogen-bond acceptors (Lipinski definition) is 7. The Bertz CT molecular complexity index is 938. The lowest BCUT2D eigenvalue weighted by atomic mass is 10.2. The van der Waals surface area contributed by atoms with Gasteiger partial charge in [-0.3, -0.25) is 4.79 Å². The van der Waals surface area contributed by atoms with Gasteiger partial charge in [0.25, 0.3) is 5.91 Å². The SMILES string of the molecule is O=C(COC(=O)/C=C/c1ccc2c(c1)OCCO2)Nc1ccc2c(c1)OCO2. The summed E-state index contributed by atoms with van der Waals surface area (Å²) in [7, 11) is 0. The minimum absolute atomic E-state index is 0.153. The van der Waals surface area contributed by atoms with Gasteiger partial charge < -0.3 is 29.0 Å². The van der Waals surface area contributed by atoms with Crippen molar-refractivity contribution in [2.75, 3.05) is 31.9 Å². The van der Waals surface area contributed by atoms with Crippen molar-refractivity contribution in [2.45, 2.75) is 0 Å². The molecule has 2 aromatic carbocycles. The minimum Gasteiger partial charge on any atom is -0.486 e. The number of anilines is 1. The van der Waals surface area contributed by atoms with E-state index in [1.807, 2.05) is 0 Å². The van der Waals surface area contributed by atoms with E-state index in [0.717, 1.165) is 5.56 Å². The van der Waals surface area contributed by atoms with Crippen LogP contribution < -0.4 is 24.3 Å². The Hall–Kier alpha value is -3.68. The molecule has 2 aliphatic rings. The first-order valence-electron chi connectivity index (χ1n) is 8.61. The summed E-state index contributed by atoms with van der Waals surface area (Å²) in [5, 5.41) is 2.63. The summed E-state index contributed by atoms with van der Waals surface area (Å²) in [6.45, 7) is 0.752. The molecule has 2 heterocycles. The van der Waals surface area contributed by atoms with Crippen LogP contribution in [-0.2, 0) is 14.3 Å². The number of esters is 1. The molecule has 4 rings (SSSR count). The molecule has 0 unspecified atom stereocenters. The summed E-state index contributed by atoms with van der Waals surface area (Å²) in [5.41, 5.74) is 1.28. The second-order valence-corrected chi connectivity index (χ2v) is 5.96. The zero-order valence-corrected chi connectivity index (χ0v) is 14.8. The van der Waals surface area contributed by atoms with Crippen LogP contribution >= 0.6 is 0 Å². The average molecular weight is 383 g/mol. The number of carbonyl (C=O) groups is 2. The smallest absolute Gasteiger partial charge is 0.331 e. The first kappa shape index (κ1) is 17.7. The maximum Gasteiger partial charge on any atom is 0.331 e. The number of rotatable bonds is 5. The number of hydrogen-bond donors (Lipinski definition) is 1. The number of benzene rings is 2. The van der Waals surface area contributed by atoms with E-state index in [-0.39, 0.29) is 6.79 Å². The van der Waals surface area contributed by atoms with Gasteiger partial charge >= 0.3 is 5.97 Å². The lowest BCUT2D eigenvalue weighted by Crippen LogP contribution is -2.20. The average Bonchev–Trinajstić information content (AvgIpc) is 3.18. The van der Waals surface area contributed by atoms with Crippen molar-refractivity contribution < 1.29 is 33.3 Å². The van der Waals surface area contributed by atoms with Gasteiger partial charge in [-0.1, -0.05) is 6.07 Å². The summed E-state index contributed by atoms with van der Waals surface area (Å²) in [6, 6.07) is 10.4. The molecule has 1 amide bonds. The monoisotopic (exact) mass is 383 g/mol. The Balaban J connectivity index is 1.27. The molecular weight excluding hydrogens is 366 g/mol. The molecule has 2 aromatic rings. The van der Waals surface area contributed by atoms with E-state index in [9.17, 15) is 9.59 Å². The van der Waals surface area contributed by atoms with Crippen LogP contribution in [0.15, 0.2) is 42.5 Å². The molecule has 8 nitrogen and oxygen atoms in total. The van der Waals surface area contributed by atoms with Crippen LogP contribution in [0.5, 0.6) is 23.0 Å². The highest BCUT2D eigenvalue weighted by molar-refractivity contribution is 5.94. The normalized spacial score (nSPS) is 14.0. The Morgan fingerprint density at radius 3 is 2.54 bits per heavy atom. The van der Waals surface area contributed by atoms with E-state index < -0.39 is 18.5 Å². The number of fused-ring (bicyclic) bond motifs is 2. The van der Waals surface area contributed by atoms with Crippen molar-refractivity contribution in [3.05, 3.63) is 48.0 Å². The van der Waals surface area contributed by atoms with Gasteiger partial charge in [-0.15, -0.1) is 0 Å². The van der Waals surface area contributed by atoms with Crippen molar-refractivity contribution in [3.63, 3.8) is 0 Å². The number of ether oxygens (including phenoxy) is 5. The largest absolute Gasteiger partial charge is 0.486 e. The summed E-state index contributed by atoms with van der Waals surface area (Å²) in [6.07, 6.45) is 2.83. The number of nitrogens with one attached hydrogen (secondary N) is 1. The molecule has 0 aliphatic carbocycles. The van der Waals surface area contributed by atoms with Crippen molar-refractivity contribution in [1.82, 2.24) is 0 Å². The van der Waals surface area contributed by atoms with Crippen LogP contribution in [0.25, 0.3) is 6.08 Å². The molecule has 0 spiro atoms. The van der Waals surface area contributed by atoms with E-state index in [1.165, 1.54) is 6.08 Å². The van der Waals surface area contributed by atoms with E-state index in [4.69, 9.17) is 23.7 Å². The molecule has 0 fully saturated rings. The standard InChI is InChI=1S/C20H17NO7/c22-19(21-14-3-5-16-18(10-14)28-12-27-16)11-26-20(23)6-2-13-1-4-15-17(9-13)25-8-7-24-15/h1-6,9-10H,7-8,11-12H2,(H,21,22)/b6-2+. The fraction of sp³-hybridized carbons (Fsp3) is 0.200. The topological polar surface area (TPSA) is 92.3 Å². The van der Waals surface area contributed by atoms with E-state index in [2.05, 4.69) is 5.32 Å². The summed E-state index contributed by atoms with van der Waals surface area (Å²) in [4.78, 5) is 23.8. The van der Waals surface area contributed by atoms with Gasteiger partial charge in [0.15, 0.2) is 29.6 Å². The number of amides is 1. The van der Waals surface area contributed by atoms with Gasteiger partial charge in [0.1, 0.15) is 13.2 Å². The molecule has 0 saturated heterocycles. The van der Waals surface area contributed by atoms with E-state index in [0.29, 0.717) is 41.9 Å². The third-order valence-electron chi connectivity index (χ3n) is 3.98. The van der Waals surface area contributed by atoms with Crippen LogP contribution in [-0.4, -0.2) is 38.5 Å². The predicted molar refractivity (Wildman–Crippen MR) is 98.6 cm³/mol. The minimum atomic E-state index is -0.629. The molecule has 0 radical (unpaired) electrons. The molecular formula is C20H17NO7. The molecule has 1 N–H and O–H groups in total. The van der Waals surface area contributed by atoms with E-state index in [1.54, 1.807) is 42.5 Å². The second-order valence-electron chi connectivity index (χ2n) is 5.96. The second kappa shape index (κ2) is 7.91. The fourth-order valence-corrected chi connectivity index (χ4v) is 2.68. The Labute approximate surface area is 160 Å². The first-order chi connectivity index (χ1) is 13.7. The van der Waals surface area contributed by atoms with Crippen LogP contribution in [0.1, 0.15) is 5.56 Å². The zero-order chi connectivity index (χ0) is 19.3. The predicted octanol–water partition coefficient (Wildman–Crippen LogP) is 2.38. The summed E-state index contributed by atoms with van der Waals surface area (Å²) in [5.74, 6) is 1.39. The maximum absolute atomic E-state index is 11.9. The highest BCUT2D eigenvalue weighted by Crippen LogP contribution is 2.34. The van der Waals surface area contributed by atoms with Crippen molar-refractivity contribution in [1.29, 1.82) is 0 Å². The summed E-state index contributed by atoms with van der Waals surface area (Å²) < 4.78 is 26.3. The third kappa shape index (κ3) is 4.17. The van der Waals surface area contributed by atoms with Crippen molar-refractivity contribution in [3.8, 4) is 23.0 Å². The molecule has 28 heavy (non-hydrogen) atoms. The van der Waals surface area contributed by atoms with Gasteiger partial charge in [-0.25, -0.2) is 4.79 Å². The van der Waals surface area contributed by atoms with Crippen LogP contribution in [0.4, 0.5) is 5.69 Å². The lowest BCUT2D eigenvalue weighted by molar-refractivity contribution is -0.142. The quantitative estimate of drug-likeness (QED) is 0.626. The molecule has 0 bridgehead atoms. The lowest BCUT2D eigenvalue weighted by Gasteiger charge is -2.18. The van der Waals surface area contributed by atoms with Gasteiger partial charge in [0, 0.05) is 17.8 Å². The third-order valence-corrected chi connectivity index (χ3v) is 3.98. The van der Waals surface area contributed by atoms with Gasteiger partial charge in [-0.2, -0.15) is 0 Å². The molecule has 0 saturated carbocycles. The van der Waals surface area contributed by atoms with Crippen LogP contribution in [0.2, 0.25) is 0 Å². The maximum atomic E-state index is 11.9. The number of carbonyl (C=O) groups excluding carboxylic acids is 2. The van der Waals surface area contributed by atoms with Gasteiger partial charge in [0.05, 0.1) is 0 Å². The highest BCUT2D eigenvalue weighted by atomic mass is 16.7. The Kier molecular flexibility index (Phi) is 5.01. The molecule has 0 aromatic heterocycles. The Morgan fingerprint density at radius 2 is 1.64 bits per heavy atom. The molecule has 144 valence electrons. The van der Waals surface area contributed by atoms with Crippen molar-refractivity contribution >= 4 is 23.6 Å². The van der Waals surface area contributed by atoms with Crippen molar-refractivity contribution in [2.24, 2.45) is 0 Å². The fourth-order valence-electron chi connectivity index (χ4n) is 2.68. The summed E-state index contributed by atoms with van der Waals surface area (Å²) >= 11 is 0. The van der Waals surface area contributed by atoms with Crippen LogP contribution in [0.3, 0.4) is 0 Å². The van der Waals surface area contributed by atoms with Gasteiger partial charge in [0.2, 0.25) is 6.79 Å². The highest BCUT2D eigenvalue weighted by Gasteiger charge is 2.15. The molecule has 0 atom stereocenters.